The second kappa shape index (κ2) is 6.98. The van der Waals surface area contributed by atoms with E-state index in [0.29, 0.717) is 31.6 Å². The van der Waals surface area contributed by atoms with E-state index >= 15 is 0 Å². The third kappa shape index (κ3) is 4.27. The molecular formula is C14H24FN3O. The molecule has 1 aliphatic heterocycles. The van der Waals surface area contributed by atoms with Crippen LogP contribution in [-0.4, -0.2) is 30.9 Å². The molecule has 0 radical (unpaired) electrons. The second-order valence-electron chi connectivity index (χ2n) is 5.72. The Hall–Kier alpha value is -0.970. The lowest BCUT2D eigenvalue weighted by molar-refractivity contribution is -0.126. The van der Waals surface area contributed by atoms with E-state index in [2.05, 4.69) is 15.8 Å². The molecular weight excluding hydrogens is 245 g/mol. The van der Waals surface area contributed by atoms with Gasteiger partial charge in [0.1, 0.15) is 6.17 Å². The molecule has 1 atom stereocenters. The first-order valence-electron chi connectivity index (χ1n) is 7.35. The van der Waals surface area contributed by atoms with Crippen LogP contribution in [0.15, 0.2) is 5.10 Å². The molecule has 19 heavy (non-hydrogen) atoms. The van der Waals surface area contributed by atoms with Gasteiger partial charge >= 0.3 is 0 Å². The fourth-order valence-electron chi connectivity index (χ4n) is 2.85. The molecule has 0 aromatic heterocycles. The van der Waals surface area contributed by atoms with Crippen LogP contribution in [0.3, 0.4) is 0 Å². The maximum atomic E-state index is 13.0. The summed E-state index contributed by atoms with van der Waals surface area (Å²) in [5, 5.41) is 7.56. The van der Waals surface area contributed by atoms with Gasteiger partial charge in [-0.15, -0.1) is 0 Å². The number of piperidine rings is 1. The number of hydrogen-bond donors (Lipinski definition) is 2. The van der Waals surface area contributed by atoms with Crippen molar-refractivity contribution in [2.45, 2.75) is 51.6 Å². The first-order chi connectivity index (χ1) is 9.16. The minimum Gasteiger partial charge on any atom is -0.316 e. The molecule has 1 unspecified atom stereocenters. The number of halogens is 1. The summed E-state index contributed by atoms with van der Waals surface area (Å²) in [5.41, 5.74) is 3.65. The lowest BCUT2D eigenvalue weighted by Gasteiger charge is -2.24. The molecule has 1 aliphatic carbocycles. The average Bonchev–Trinajstić information content (AvgIpc) is 2.46. The highest BCUT2D eigenvalue weighted by atomic mass is 19.1. The Balaban J connectivity index is 1.78. The van der Waals surface area contributed by atoms with Crippen LogP contribution in [0.4, 0.5) is 4.39 Å². The predicted octanol–water partition coefficient (Wildman–Crippen LogP) is 2.01. The minimum atomic E-state index is -0.720. The number of nitrogens with one attached hydrogen (secondary N) is 2. The van der Waals surface area contributed by atoms with Gasteiger partial charge < -0.3 is 5.32 Å². The number of hydrogen-bond acceptors (Lipinski definition) is 3. The fourth-order valence-corrected chi connectivity index (χ4v) is 2.85. The van der Waals surface area contributed by atoms with Gasteiger partial charge in [-0.2, -0.15) is 5.10 Å². The van der Waals surface area contributed by atoms with E-state index in [-0.39, 0.29) is 11.8 Å². The maximum Gasteiger partial charge on any atom is 0.243 e. The molecule has 0 aromatic carbocycles. The molecule has 1 saturated heterocycles. The molecule has 0 aromatic rings. The van der Waals surface area contributed by atoms with Crippen molar-refractivity contribution in [3.05, 3.63) is 0 Å². The fraction of sp³-hybridized carbons (Fsp3) is 0.857. The summed E-state index contributed by atoms with van der Waals surface area (Å²) in [6.45, 7) is 3.98. The summed E-state index contributed by atoms with van der Waals surface area (Å²) in [6, 6.07) is 0. The summed E-state index contributed by atoms with van der Waals surface area (Å²) in [5.74, 6) is 0.318. The zero-order valence-corrected chi connectivity index (χ0v) is 11.6. The van der Waals surface area contributed by atoms with E-state index in [0.717, 1.165) is 31.6 Å². The molecule has 4 nitrogen and oxygen atoms in total. The lowest BCUT2D eigenvalue weighted by Crippen LogP contribution is -2.36. The zero-order chi connectivity index (χ0) is 13.7. The monoisotopic (exact) mass is 269 g/mol. The molecule has 0 bridgehead atoms. The molecule has 2 aliphatic rings. The van der Waals surface area contributed by atoms with Gasteiger partial charge in [-0.3, -0.25) is 4.79 Å². The van der Waals surface area contributed by atoms with E-state index in [4.69, 9.17) is 0 Å². The third-order valence-electron chi connectivity index (χ3n) is 4.26. The summed E-state index contributed by atoms with van der Waals surface area (Å²) in [4.78, 5) is 11.9. The molecule has 2 fully saturated rings. The molecule has 2 rings (SSSR count). The van der Waals surface area contributed by atoms with Crippen molar-refractivity contribution in [2.75, 3.05) is 13.1 Å². The minimum absolute atomic E-state index is 0.0463. The predicted molar refractivity (Wildman–Crippen MR) is 73.7 cm³/mol. The van der Waals surface area contributed by atoms with Gasteiger partial charge in [0.2, 0.25) is 5.91 Å². The van der Waals surface area contributed by atoms with E-state index < -0.39 is 6.17 Å². The average molecular weight is 269 g/mol. The van der Waals surface area contributed by atoms with Gasteiger partial charge in [-0.1, -0.05) is 0 Å². The van der Waals surface area contributed by atoms with E-state index in [1.807, 2.05) is 6.92 Å². The summed E-state index contributed by atoms with van der Waals surface area (Å²) in [6.07, 6.45) is 3.87. The Morgan fingerprint density at radius 2 is 1.95 bits per heavy atom. The Bertz CT molecular complexity index is 332. The highest BCUT2D eigenvalue weighted by molar-refractivity contribution is 5.87. The van der Waals surface area contributed by atoms with E-state index in [1.165, 1.54) is 0 Å². The molecule has 108 valence electrons. The van der Waals surface area contributed by atoms with Crippen molar-refractivity contribution >= 4 is 11.6 Å². The third-order valence-corrected chi connectivity index (χ3v) is 4.26. The first kappa shape index (κ1) is 14.4. The van der Waals surface area contributed by atoms with Gasteiger partial charge in [0.05, 0.1) is 0 Å². The van der Waals surface area contributed by atoms with Crippen LogP contribution in [0.1, 0.15) is 45.4 Å². The van der Waals surface area contributed by atoms with Crippen LogP contribution in [0.5, 0.6) is 0 Å². The summed E-state index contributed by atoms with van der Waals surface area (Å²) >= 11 is 0. The Morgan fingerprint density at radius 3 is 2.58 bits per heavy atom. The Labute approximate surface area is 114 Å². The topological polar surface area (TPSA) is 53.5 Å². The number of hydrazone groups is 1. The smallest absolute Gasteiger partial charge is 0.243 e. The van der Waals surface area contributed by atoms with Crippen molar-refractivity contribution in [1.82, 2.24) is 10.7 Å². The van der Waals surface area contributed by atoms with Gasteiger partial charge in [-0.25, -0.2) is 9.82 Å². The van der Waals surface area contributed by atoms with Crippen molar-refractivity contribution in [3.63, 3.8) is 0 Å². The number of rotatable bonds is 3. The number of amides is 1. The van der Waals surface area contributed by atoms with Gasteiger partial charge in [0, 0.05) is 24.1 Å². The number of nitrogens with zero attached hydrogens (tertiary/aromatic N) is 1. The van der Waals surface area contributed by atoms with Crippen LogP contribution in [-0.2, 0) is 4.79 Å². The van der Waals surface area contributed by atoms with Crippen molar-refractivity contribution in [3.8, 4) is 0 Å². The molecule has 1 heterocycles. The molecule has 5 heteroatoms. The normalized spacial score (nSPS) is 32.9. The number of alkyl halides is 1. The van der Waals surface area contributed by atoms with Crippen LogP contribution in [0, 0.1) is 11.8 Å². The van der Waals surface area contributed by atoms with Crippen LogP contribution in [0.2, 0.25) is 0 Å². The Kier molecular flexibility index (Phi) is 5.31. The zero-order valence-electron chi connectivity index (χ0n) is 11.6. The van der Waals surface area contributed by atoms with Crippen LogP contribution < -0.4 is 10.7 Å². The van der Waals surface area contributed by atoms with Crippen LogP contribution >= 0.6 is 0 Å². The largest absolute Gasteiger partial charge is 0.316 e. The molecule has 1 amide bonds. The standard InChI is InChI=1S/C14H24FN3O/c1-10(12-3-2-8-16-9-12)17-18-14(19)11-4-6-13(15)7-5-11/h11-13,16H,2-9H2,1H3,(H,18,19)/b17-10+. The Morgan fingerprint density at radius 1 is 1.21 bits per heavy atom. The van der Waals surface area contributed by atoms with Crippen LogP contribution in [0.25, 0.3) is 0 Å². The first-order valence-corrected chi connectivity index (χ1v) is 7.35. The molecule has 2 N–H and O–H groups in total. The summed E-state index contributed by atoms with van der Waals surface area (Å²) < 4.78 is 13.0. The highest BCUT2D eigenvalue weighted by Crippen LogP contribution is 2.26. The highest BCUT2D eigenvalue weighted by Gasteiger charge is 2.26. The van der Waals surface area contributed by atoms with E-state index in [1.54, 1.807) is 0 Å². The van der Waals surface area contributed by atoms with Crippen molar-refractivity contribution in [2.24, 2.45) is 16.9 Å². The number of carbonyl (C=O) groups excluding carboxylic acids is 1. The lowest BCUT2D eigenvalue weighted by atomic mass is 9.88. The quantitative estimate of drug-likeness (QED) is 0.608. The maximum absolute atomic E-state index is 13.0. The van der Waals surface area contributed by atoms with E-state index in [9.17, 15) is 9.18 Å². The van der Waals surface area contributed by atoms with Gasteiger partial charge in [0.15, 0.2) is 0 Å². The van der Waals surface area contributed by atoms with Crippen molar-refractivity contribution in [1.29, 1.82) is 0 Å². The van der Waals surface area contributed by atoms with Gasteiger partial charge in [0.25, 0.3) is 0 Å². The molecule has 1 saturated carbocycles. The van der Waals surface area contributed by atoms with Gasteiger partial charge in [-0.05, 0) is 52.0 Å². The SMILES string of the molecule is C/C(=N\NC(=O)C1CCC(F)CC1)C1CCCNC1. The van der Waals surface area contributed by atoms with Crippen molar-refractivity contribution < 1.29 is 9.18 Å². The number of carbonyl (C=O) groups is 1. The summed E-state index contributed by atoms with van der Waals surface area (Å²) in [7, 11) is 0. The molecule has 0 spiro atoms. The second-order valence-corrected chi connectivity index (χ2v) is 5.72.